The average molecular weight is 482 g/mol. The third kappa shape index (κ3) is 5.66. The lowest BCUT2D eigenvalue weighted by Crippen LogP contribution is -2.48. The van der Waals surface area contributed by atoms with Crippen molar-refractivity contribution in [3.8, 4) is 17.0 Å². The second kappa shape index (κ2) is 10.7. The number of aromatic nitrogens is 1. The van der Waals surface area contributed by atoms with Gasteiger partial charge in [-0.05, 0) is 67.1 Å². The van der Waals surface area contributed by atoms with Crippen LogP contribution in [0.5, 0.6) is 5.75 Å². The maximum atomic E-state index is 11.2. The number of benzene rings is 2. The van der Waals surface area contributed by atoms with Crippen molar-refractivity contribution in [2.45, 2.75) is 37.5 Å². The molecule has 2 heterocycles. The largest absolute Gasteiger partial charge is 0.492 e. The van der Waals surface area contributed by atoms with Crippen molar-refractivity contribution in [3.63, 3.8) is 0 Å². The van der Waals surface area contributed by atoms with Gasteiger partial charge in [0.2, 0.25) is 0 Å². The molecule has 0 aliphatic carbocycles. The van der Waals surface area contributed by atoms with Crippen molar-refractivity contribution in [1.82, 2.24) is 4.57 Å². The van der Waals surface area contributed by atoms with Crippen molar-refractivity contribution < 1.29 is 24.1 Å². The van der Waals surface area contributed by atoms with Crippen LogP contribution >= 0.6 is 11.8 Å². The zero-order valence-corrected chi connectivity index (χ0v) is 20.6. The molecule has 3 aromatic rings. The zero-order chi connectivity index (χ0) is 24.1. The van der Waals surface area contributed by atoms with E-state index in [9.17, 15) is 9.90 Å². The molecular formula is C27H31NO5S. The molecule has 0 unspecified atom stereocenters. The van der Waals surface area contributed by atoms with Gasteiger partial charge < -0.3 is 23.9 Å². The fraction of sp³-hybridized carbons (Fsp3) is 0.370. The van der Waals surface area contributed by atoms with Gasteiger partial charge >= 0.3 is 5.97 Å². The number of aliphatic carboxylic acids is 1. The SMILES string of the molecule is CSc1ccc(-c2ccc(C)n2CCOc2ccc(C[C@H]3CO[C@@](C)(C(=O)O)OC3)cc2)cc1. The Bertz CT molecular complexity index is 1100. The molecule has 0 atom stereocenters. The number of carboxylic acids is 1. The van der Waals surface area contributed by atoms with Crippen molar-refractivity contribution in [3.05, 3.63) is 71.9 Å². The van der Waals surface area contributed by atoms with Crippen LogP contribution in [-0.2, 0) is 27.2 Å². The zero-order valence-electron chi connectivity index (χ0n) is 19.8. The molecule has 34 heavy (non-hydrogen) atoms. The summed E-state index contributed by atoms with van der Waals surface area (Å²) in [5.41, 5.74) is 4.74. The predicted molar refractivity (Wildman–Crippen MR) is 133 cm³/mol. The van der Waals surface area contributed by atoms with E-state index < -0.39 is 11.8 Å². The summed E-state index contributed by atoms with van der Waals surface area (Å²) < 4.78 is 19.2. The summed E-state index contributed by atoms with van der Waals surface area (Å²) >= 11 is 1.74. The number of hydrogen-bond acceptors (Lipinski definition) is 5. The van der Waals surface area contributed by atoms with Gasteiger partial charge in [0.05, 0.1) is 19.8 Å². The first-order valence-electron chi connectivity index (χ1n) is 11.4. The molecule has 1 aliphatic rings. The van der Waals surface area contributed by atoms with Gasteiger partial charge in [0.25, 0.3) is 5.79 Å². The number of hydrogen-bond donors (Lipinski definition) is 1. The van der Waals surface area contributed by atoms with Crippen molar-refractivity contribution in [1.29, 1.82) is 0 Å². The van der Waals surface area contributed by atoms with E-state index in [4.69, 9.17) is 14.2 Å². The highest BCUT2D eigenvalue weighted by Gasteiger charge is 2.40. The van der Waals surface area contributed by atoms with Gasteiger partial charge in [0.1, 0.15) is 12.4 Å². The van der Waals surface area contributed by atoms with E-state index in [0.717, 1.165) is 24.3 Å². The molecule has 0 radical (unpaired) electrons. The molecule has 1 N–H and O–H groups in total. The van der Waals surface area contributed by atoms with Crippen LogP contribution in [-0.4, -0.2) is 47.5 Å². The Kier molecular flexibility index (Phi) is 7.66. The van der Waals surface area contributed by atoms with Crippen molar-refractivity contribution >= 4 is 17.7 Å². The van der Waals surface area contributed by atoms with Gasteiger partial charge in [0.15, 0.2) is 0 Å². The monoisotopic (exact) mass is 481 g/mol. The van der Waals surface area contributed by atoms with E-state index in [1.807, 2.05) is 24.3 Å². The maximum absolute atomic E-state index is 11.2. The van der Waals surface area contributed by atoms with Gasteiger partial charge in [-0.25, -0.2) is 4.79 Å². The molecule has 0 bridgehead atoms. The van der Waals surface area contributed by atoms with Crippen molar-refractivity contribution in [2.75, 3.05) is 26.1 Å². The van der Waals surface area contributed by atoms with Gasteiger partial charge in [-0.2, -0.15) is 0 Å². The van der Waals surface area contributed by atoms with Crippen LogP contribution in [0.2, 0.25) is 0 Å². The third-order valence-electron chi connectivity index (χ3n) is 6.19. The Hall–Kier alpha value is -2.74. The summed E-state index contributed by atoms with van der Waals surface area (Å²) in [6.07, 6.45) is 2.85. The average Bonchev–Trinajstić information content (AvgIpc) is 3.22. The van der Waals surface area contributed by atoms with E-state index in [0.29, 0.717) is 19.8 Å². The number of aryl methyl sites for hydroxylation is 1. The molecule has 0 amide bonds. The molecule has 1 aromatic heterocycles. The number of thioether (sulfide) groups is 1. The molecule has 1 fully saturated rings. The first-order valence-corrected chi connectivity index (χ1v) is 12.6. The van der Waals surface area contributed by atoms with E-state index in [2.05, 4.69) is 54.1 Å². The van der Waals surface area contributed by atoms with Gasteiger partial charge in [-0.1, -0.05) is 24.3 Å². The number of rotatable bonds is 9. The number of ether oxygens (including phenoxy) is 3. The minimum absolute atomic E-state index is 0.124. The predicted octanol–water partition coefficient (Wildman–Crippen LogP) is 5.27. The molecule has 1 aliphatic heterocycles. The number of carbonyl (C=O) groups is 1. The second-order valence-electron chi connectivity index (χ2n) is 8.68. The third-order valence-corrected chi connectivity index (χ3v) is 6.94. The highest BCUT2D eigenvalue weighted by Crippen LogP contribution is 2.26. The van der Waals surface area contributed by atoms with Crippen LogP contribution in [0.4, 0.5) is 0 Å². The van der Waals surface area contributed by atoms with Gasteiger partial charge in [-0.3, -0.25) is 0 Å². The molecule has 6 nitrogen and oxygen atoms in total. The van der Waals surface area contributed by atoms with Crippen LogP contribution in [0.25, 0.3) is 11.3 Å². The smallest absolute Gasteiger partial charge is 0.364 e. The molecule has 180 valence electrons. The topological polar surface area (TPSA) is 69.9 Å². The maximum Gasteiger partial charge on any atom is 0.364 e. The Balaban J connectivity index is 1.29. The van der Waals surface area contributed by atoms with Gasteiger partial charge in [0, 0.05) is 29.1 Å². The Labute approximate surface area is 204 Å². The molecule has 0 saturated carbocycles. The van der Waals surface area contributed by atoms with Crippen LogP contribution in [0.1, 0.15) is 18.2 Å². The molecule has 1 saturated heterocycles. The lowest BCUT2D eigenvalue weighted by molar-refractivity contribution is -0.270. The van der Waals surface area contributed by atoms with Gasteiger partial charge in [-0.15, -0.1) is 11.8 Å². The molecule has 0 spiro atoms. The Morgan fingerprint density at radius 2 is 1.76 bits per heavy atom. The highest BCUT2D eigenvalue weighted by atomic mass is 32.2. The minimum atomic E-state index is -1.54. The standard InChI is InChI=1S/C27H31NO5S/c1-19-4-13-25(22-7-11-24(34-3)12-8-22)28(19)14-15-31-23-9-5-20(6-10-23)16-21-17-32-27(2,26(29)30)33-18-21/h4-13,21H,14-18H2,1-3H3,(H,29,30)/t21-,27+. The highest BCUT2D eigenvalue weighted by molar-refractivity contribution is 7.98. The number of carboxylic acid groups (broad SMARTS) is 1. The first-order chi connectivity index (χ1) is 16.4. The first kappa shape index (κ1) is 24.4. The van der Waals surface area contributed by atoms with Crippen LogP contribution in [0.15, 0.2) is 65.6 Å². The Morgan fingerprint density at radius 3 is 2.38 bits per heavy atom. The molecular weight excluding hydrogens is 450 g/mol. The number of nitrogens with zero attached hydrogens (tertiary/aromatic N) is 1. The lowest BCUT2D eigenvalue weighted by atomic mass is 9.99. The summed E-state index contributed by atoms with van der Waals surface area (Å²) in [7, 11) is 0. The van der Waals surface area contributed by atoms with Crippen molar-refractivity contribution in [2.24, 2.45) is 5.92 Å². The second-order valence-corrected chi connectivity index (χ2v) is 9.56. The van der Waals surface area contributed by atoms with E-state index >= 15 is 0 Å². The van der Waals surface area contributed by atoms with Crippen LogP contribution < -0.4 is 4.74 Å². The molecule has 4 rings (SSSR count). The quantitative estimate of drug-likeness (QED) is 0.420. The summed E-state index contributed by atoms with van der Waals surface area (Å²) in [6.45, 7) is 5.62. The van der Waals surface area contributed by atoms with Crippen LogP contribution in [0, 0.1) is 12.8 Å². The lowest BCUT2D eigenvalue weighted by Gasteiger charge is -2.34. The fourth-order valence-corrected chi connectivity index (χ4v) is 4.48. The van der Waals surface area contributed by atoms with Crippen LogP contribution in [0.3, 0.4) is 0 Å². The van der Waals surface area contributed by atoms with E-state index in [-0.39, 0.29) is 5.92 Å². The molecule has 7 heteroatoms. The Morgan fingerprint density at radius 1 is 1.09 bits per heavy atom. The summed E-state index contributed by atoms with van der Waals surface area (Å²) in [5.74, 6) is -1.68. The summed E-state index contributed by atoms with van der Waals surface area (Å²) in [6, 6.07) is 21.0. The normalized spacial score (nSPS) is 20.3. The minimum Gasteiger partial charge on any atom is -0.492 e. The summed E-state index contributed by atoms with van der Waals surface area (Å²) in [5, 5.41) is 9.18. The molecule has 2 aromatic carbocycles. The van der Waals surface area contributed by atoms with E-state index in [1.165, 1.54) is 28.8 Å². The fourth-order valence-electron chi connectivity index (χ4n) is 4.07. The summed E-state index contributed by atoms with van der Waals surface area (Å²) in [4.78, 5) is 12.5. The van der Waals surface area contributed by atoms with E-state index in [1.54, 1.807) is 11.8 Å².